The van der Waals surface area contributed by atoms with Gasteiger partial charge in [0.05, 0.1) is 0 Å². The Morgan fingerprint density at radius 1 is 1.09 bits per heavy atom. The van der Waals surface area contributed by atoms with E-state index in [4.69, 9.17) is 0 Å². The van der Waals surface area contributed by atoms with Gasteiger partial charge in [0.15, 0.2) is 0 Å². The Hall–Kier alpha value is 0.310. The van der Waals surface area contributed by atoms with Gasteiger partial charge in [-0.3, -0.25) is 0 Å². The summed E-state index contributed by atoms with van der Waals surface area (Å²) in [5.41, 5.74) is 0. The molecule has 0 spiro atoms. The lowest BCUT2D eigenvalue weighted by Crippen LogP contribution is -2.33. The summed E-state index contributed by atoms with van der Waals surface area (Å²) in [4.78, 5) is 0. The molecule has 0 unspecified atom stereocenters. The Bertz CT molecular complexity index is 117. The number of rotatable bonds is 3. The van der Waals surface area contributed by atoms with E-state index in [0.717, 1.165) is 12.0 Å². The minimum absolute atomic E-state index is 0.858. The van der Waals surface area contributed by atoms with Gasteiger partial charge in [0.25, 0.3) is 0 Å². The van der Waals surface area contributed by atoms with Gasteiger partial charge in [-0.25, -0.2) is 0 Å². The molecule has 2 rings (SSSR count). The van der Waals surface area contributed by atoms with Crippen LogP contribution in [0.4, 0.5) is 0 Å². The second-order valence-electron chi connectivity index (χ2n) is 3.74. The van der Waals surface area contributed by atoms with Crippen molar-refractivity contribution < 1.29 is 0 Å². The summed E-state index contributed by atoms with van der Waals surface area (Å²) in [7, 11) is 0. The molecule has 0 aromatic rings. The van der Waals surface area contributed by atoms with Crippen LogP contribution in [0.2, 0.25) is 0 Å². The molecule has 1 aliphatic carbocycles. The lowest BCUT2D eigenvalue weighted by molar-refractivity contribution is 0.471. The fourth-order valence-electron chi connectivity index (χ4n) is 1.56. The molecule has 1 saturated carbocycles. The van der Waals surface area contributed by atoms with Crippen molar-refractivity contribution in [1.29, 1.82) is 0 Å². The van der Waals surface area contributed by atoms with Crippen LogP contribution < -0.4 is 5.32 Å². The summed E-state index contributed by atoms with van der Waals surface area (Å²) in [6.45, 7) is 1.30. The molecule has 0 aromatic heterocycles. The first-order chi connectivity index (χ1) is 5.45. The Labute approximate surface area is 73.3 Å². The van der Waals surface area contributed by atoms with Crippen molar-refractivity contribution in [3.8, 4) is 0 Å². The molecule has 2 fully saturated rings. The van der Waals surface area contributed by atoms with Gasteiger partial charge in [-0.05, 0) is 49.7 Å². The summed E-state index contributed by atoms with van der Waals surface area (Å²) in [5, 5.41) is 3.67. The molecule has 2 heteroatoms. The second kappa shape index (κ2) is 3.81. The molecule has 1 N–H and O–H groups in total. The highest BCUT2D eigenvalue weighted by Gasteiger charge is 2.22. The Morgan fingerprint density at radius 2 is 1.82 bits per heavy atom. The third-order valence-electron chi connectivity index (χ3n) is 2.61. The Kier molecular flexibility index (Phi) is 2.75. The molecule has 0 radical (unpaired) electrons. The second-order valence-corrected chi connectivity index (χ2v) is 4.96. The van der Waals surface area contributed by atoms with E-state index in [1.807, 2.05) is 0 Å². The molecule has 0 aromatic carbocycles. The summed E-state index contributed by atoms with van der Waals surface area (Å²) in [5.74, 6) is 3.80. The molecule has 1 aliphatic heterocycles. The van der Waals surface area contributed by atoms with E-state index in [0.29, 0.717) is 0 Å². The molecule has 11 heavy (non-hydrogen) atoms. The zero-order chi connectivity index (χ0) is 7.52. The van der Waals surface area contributed by atoms with E-state index in [-0.39, 0.29) is 0 Å². The maximum atomic E-state index is 3.67. The molecule has 0 bridgehead atoms. The summed E-state index contributed by atoms with van der Waals surface area (Å²) < 4.78 is 0. The van der Waals surface area contributed by atoms with Crippen molar-refractivity contribution in [3.63, 3.8) is 0 Å². The van der Waals surface area contributed by atoms with Crippen LogP contribution in [0.15, 0.2) is 0 Å². The van der Waals surface area contributed by atoms with Crippen LogP contribution in [0.3, 0.4) is 0 Å². The van der Waals surface area contributed by atoms with Gasteiger partial charge in [-0.1, -0.05) is 0 Å². The van der Waals surface area contributed by atoms with Crippen LogP contribution in [0.25, 0.3) is 0 Å². The number of hydrogen-bond donors (Lipinski definition) is 1. The molecular formula is C9H17NS. The highest BCUT2D eigenvalue weighted by Crippen LogP contribution is 2.28. The average molecular weight is 171 g/mol. The number of thioether (sulfide) groups is 1. The van der Waals surface area contributed by atoms with Gasteiger partial charge >= 0.3 is 0 Å². The Morgan fingerprint density at radius 3 is 2.45 bits per heavy atom. The minimum Gasteiger partial charge on any atom is -0.314 e. The maximum absolute atomic E-state index is 3.67. The fraction of sp³-hybridized carbons (Fsp3) is 1.00. The van der Waals surface area contributed by atoms with E-state index in [2.05, 4.69) is 17.1 Å². The normalized spacial score (nSPS) is 27.3. The topological polar surface area (TPSA) is 12.0 Å². The zero-order valence-corrected chi connectivity index (χ0v) is 7.83. The summed E-state index contributed by atoms with van der Waals surface area (Å²) in [6.07, 6.45) is 5.76. The van der Waals surface area contributed by atoms with Crippen molar-refractivity contribution in [2.75, 3.05) is 18.1 Å². The van der Waals surface area contributed by atoms with Crippen molar-refractivity contribution in [2.45, 2.75) is 31.7 Å². The number of hydrogen-bond acceptors (Lipinski definition) is 2. The van der Waals surface area contributed by atoms with Crippen molar-refractivity contribution in [2.24, 2.45) is 5.92 Å². The molecule has 1 heterocycles. The smallest absolute Gasteiger partial charge is 0.00828 e. The molecule has 0 amide bonds. The summed E-state index contributed by atoms with van der Waals surface area (Å²) in [6, 6.07) is 0.858. The molecule has 0 atom stereocenters. The Balaban J connectivity index is 1.59. The third-order valence-corrected chi connectivity index (χ3v) is 3.66. The standard InChI is InChI=1S/C9H17NS/c1-2-8(1)7-10-9-3-5-11-6-4-9/h8-10H,1-7H2. The van der Waals surface area contributed by atoms with E-state index < -0.39 is 0 Å². The maximum Gasteiger partial charge on any atom is 0.00828 e. The van der Waals surface area contributed by atoms with E-state index in [9.17, 15) is 0 Å². The highest BCUT2D eigenvalue weighted by atomic mass is 32.2. The largest absolute Gasteiger partial charge is 0.314 e. The molecule has 2 aliphatic rings. The van der Waals surface area contributed by atoms with Crippen LogP contribution in [0, 0.1) is 5.92 Å². The van der Waals surface area contributed by atoms with Crippen LogP contribution in [0.1, 0.15) is 25.7 Å². The van der Waals surface area contributed by atoms with Gasteiger partial charge in [0.2, 0.25) is 0 Å². The first-order valence-electron chi connectivity index (χ1n) is 4.76. The van der Waals surface area contributed by atoms with Gasteiger partial charge in [0.1, 0.15) is 0 Å². The molecule has 1 nitrogen and oxygen atoms in total. The zero-order valence-electron chi connectivity index (χ0n) is 7.01. The predicted molar refractivity (Wildman–Crippen MR) is 51.1 cm³/mol. The van der Waals surface area contributed by atoms with Crippen molar-refractivity contribution >= 4 is 11.8 Å². The first-order valence-corrected chi connectivity index (χ1v) is 5.92. The molecular weight excluding hydrogens is 154 g/mol. The van der Waals surface area contributed by atoms with Crippen LogP contribution in [-0.4, -0.2) is 24.1 Å². The van der Waals surface area contributed by atoms with E-state index >= 15 is 0 Å². The lowest BCUT2D eigenvalue weighted by Gasteiger charge is -2.22. The van der Waals surface area contributed by atoms with E-state index in [1.54, 1.807) is 0 Å². The van der Waals surface area contributed by atoms with Gasteiger partial charge in [-0.15, -0.1) is 0 Å². The average Bonchev–Trinajstić information content (AvgIpc) is 2.86. The monoisotopic (exact) mass is 171 g/mol. The van der Waals surface area contributed by atoms with Crippen LogP contribution in [0.5, 0.6) is 0 Å². The molecule has 1 saturated heterocycles. The first kappa shape index (κ1) is 7.93. The lowest BCUT2D eigenvalue weighted by atomic mass is 10.1. The minimum atomic E-state index is 0.858. The van der Waals surface area contributed by atoms with Gasteiger partial charge in [-0.2, -0.15) is 11.8 Å². The quantitative estimate of drug-likeness (QED) is 0.696. The van der Waals surface area contributed by atoms with Gasteiger partial charge < -0.3 is 5.32 Å². The van der Waals surface area contributed by atoms with Crippen molar-refractivity contribution in [3.05, 3.63) is 0 Å². The third kappa shape index (κ3) is 2.68. The predicted octanol–water partition coefficient (Wildman–Crippen LogP) is 1.88. The van der Waals surface area contributed by atoms with Crippen molar-refractivity contribution in [1.82, 2.24) is 5.32 Å². The molecule has 64 valence electrons. The SMILES string of the molecule is C1CC(NCC2CC2)CCS1. The fourth-order valence-corrected chi connectivity index (χ4v) is 2.66. The summed E-state index contributed by atoms with van der Waals surface area (Å²) >= 11 is 2.11. The van der Waals surface area contributed by atoms with E-state index in [1.165, 1.54) is 43.7 Å². The van der Waals surface area contributed by atoms with Crippen LogP contribution in [-0.2, 0) is 0 Å². The number of nitrogens with one attached hydrogen (secondary N) is 1. The highest BCUT2D eigenvalue weighted by molar-refractivity contribution is 7.99. The van der Waals surface area contributed by atoms with Crippen LogP contribution >= 0.6 is 11.8 Å². The van der Waals surface area contributed by atoms with Gasteiger partial charge in [0, 0.05) is 6.04 Å².